The summed E-state index contributed by atoms with van der Waals surface area (Å²) in [5.41, 5.74) is 2.63. The maximum Gasteiger partial charge on any atom is 0.488 e. The average molecular weight is 304 g/mol. The third-order valence-electron chi connectivity index (χ3n) is 3.77. The Balaban J connectivity index is 2.14. The van der Waals surface area contributed by atoms with E-state index >= 15 is 0 Å². The van der Waals surface area contributed by atoms with Crippen LogP contribution in [0.25, 0.3) is 0 Å². The molecule has 0 spiro atoms. The molecule has 3 nitrogen and oxygen atoms in total. The van der Waals surface area contributed by atoms with Crippen LogP contribution in [-0.4, -0.2) is 29.1 Å². The quantitative estimate of drug-likeness (QED) is 0.832. The topological polar surface area (TPSA) is 43.7 Å². The van der Waals surface area contributed by atoms with E-state index in [1.807, 2.05) is 43.4 Å². The lowest BCUT2D eigenvalue weighted by molar-refractivity contribution is 0.253. The van der Waals surface area contributed by atoms with E-state index < -0.39 is 7.12 Å². The molecular weight excluding hydrogens is 284 g/mol. The van der Waals surface area contributed by atoms with Crippen LogP contribution in [0.4, 0.5) is 0 Å². The van der Waals surface area contributed by atoms with Gasteiger partial charge in [0.25, 0.3) is 0 Å². The minimum atomic E-state index is -1.44. The van der Waals surface area contributed by atoms with Gasteiger partial charge in [-0.2, -0.15) is 0 Å². The minimum absolute atomic E-state index is 0.200. The largest absolute Gasteiger partial charge is 0.488 e. The fourth-order valence-corrected chi connectivity index (χ4v) is 2.46. The molecule has 110 valence electrons. The highest BCUT2D eigenvalue weighted by atomic mass is 35.5. The summed E-state index contributed by atoms with van der Waals surface area (Å²) in [5.74, 6) is 0. The van der Waals surface area contributed by atoms with Gasteiger partial charge >= 0.3 is 7.12 Å². The Kier molecular flexibility index (Phi) is 5.42. The van der Waals surface area contributed by atoms with E-state index in [2.05, 4.69) is 11.8 Å². The van der Waals surface area contributed by atoms with Crippen molar-refractivity contribution in [1.82, 2.24) is 4.90 Å². The van der Waals surface area contributed by atoms with Crippen LogP contribution in [0.2, 0.25) is 5.02 Å². The molecule has 0 aliphatic heterocycles. The summed E-state index contributed by atoms with van der Waals surface area (Å²) < 4.78 is 0. The zero-order valence-electron chi connectivity index (χ0n) is 12.2. The van der Waals surface area contributed by atoms with Crippen molar-refractivity contribution in [1.29, 1.82) is 0 Å². The van der Waals surface area contributed by atoms with E-state index in [0.717, 1.165) is 10.6 Å². The summed E-state index contributed by atoms with van der Waals surface area (Å²) in [4.78, 5) is 2.16. The third kappa shape index (κ3) is 4.08. The van der Waals surface area contributed by atoms with Gasteiger partial charge in [0, 0.05) is 17.6 Å². The number of nitrogens with zero attached hydrogens (tertiary/aromatic N) is 1. The first-order chi connectivity index (χ1) is 9.99. The van der Waals surface area contributed by atoms with Crippen molar-refractivity contribution in [3.05, 3.63) is 64.7 Å². The molecule has 2 N–H and O–H groups in total. The number of benzene rings is 2. The van der Waals surface area contributed by atoms with Gasteiger partial charge in [0.1, 0.15) is 0 Å². The summed E-state index contributed by atoms with van der Waals surface area (Å²) in [6.07, 6.45) is 0. The van der Waals surface area contributed by atoms with Crippen LogP contribution in [0.3, 0.4) is 0 Å². The van der Waals surface area contributed by atoms with E-state index in [9.17, 15) is 10.0 Å². The first kappa shape index (κ1) is 16.1. The van der Waals surface area contributed by atoms with Gasteiger partial charge in [-0.3, -0.25) is 4.90 Å². The van der Waals surface area contributed by atoms with Gasteiger partial charge in [-0.25, -0.2) is 0 Å². The standard InChI is InChI=1S/C16H19BClNO2/c1-12(13-7-9-15(18)10-8-13)19(2)11-14-5-3-4-6-16(14)17(20)21/h3-10,12,20-21H,11H2,1-2H3. The maximum absolute atomic E-state index is 9.43. The second-order valence-electron chi connectivity index (χ2n) is 5.22. The molecule has 0 radical (unpaired) electrons. The first-order valence-electron chi connectivity index (χ1n) is 6.88. The van der Waals surface area contributed by atoms with Crippen molar-refractivity contribution in [3.8, 4) is 0 Å². The smallest absolute Gasteiger partial charge is 0.423 e. The van der Waals surface area contributed by atoms with E-state index in [-0.39, 0.29) is 6.04 Å². The van der Waals surface area contributed by atoms with Crippen LogP contribution in [0.15, 0.2) is 48.5 Å². The lowest BCUT2D eigenvalue weighted by atomic mass is 9.77. The van der Waals surface area contributed by atoms with Gasteiger partial charge in [0.2, 0.25) is 0 Å². The summed E-state index contributed by atoms with van der Waals surface area (Å²) >= 11 is 5.91. The molecule has 2 aromatic carbocycles. The maximum atomic E-state index is 9.43. The van der Waals surface area contributed by atoms with E-state index in [4.69, 9.17) is 11.6 Å². The summed E-state index contributed by atoms with van der Waals surface area (Å²) in [5, 5.41) is 19.6. The van der Waals surface area contributed by atoms with Crippen LogP contribution in [0, 0.1) is 0 Å². The second-order valence-corrected chi connectivity index (χ2v) is 5.65. The van der Waals surface area contributed by atoms with Crippen molar-refractivity contribution < 1.29 is 10.0 Å². The highest BCUT2D eigenvalue weighted by Gasteiger charge is 2.18. The van der Waals surface area contributed by atoms with Crippen molar-refractivity contribution in [2.75, 3.05) is 7.05 Å². The molecule has 0 aliphatic rings. The van der Waals surface area contributed by atoms with Crippen LogP contribution < -0.4 is 5.46 Å². The van der Waals surface area contributed by atoms with Gasteiger partial charge < -0.3 is 10.0 Å². The SMILES string of the molecule is CC(c1ccc(Cl)cc1)N(C)Cc1ccccc1B(O)O. The van der Waals surface area contributed by atoms with Crippen LogP contribution in [0.5, 0.6) is 0 Å². The summed E-state index contributed by atoms with van der Waals surface area (Å²) in [6, 6.07) is 15.3. The average Bonchev–Trinajstić information content (AvgIpc) is 2.47. The molecule has 0 heterocycles. The lowest BCUT2D eigenvalue weighted by Crippen LogP contribution is -2.35. The highest BCUT2D eigenvalue weighted by molar-refractivity contribution is 6.59. The van der Waals surface area contributed by atoms with Gasteiger partial charge in [-0.15, -0.1) is 0 Å². The molecule has 0 saturated carbocycles. The van der Waals surface area contributed by atoms with E-state index in [0.29, 0.717) is 12.0 Å². The molecule has 0 fully saturated rings. The molecule has 0 amide bonds. The fourth-order valence-electron chi connectivity index (χ4n) is 2.33. The van der Waals surface area contributed by atoms with Crippen molar-refractivity contribution in [2.45, 2.75) is 19.5 Å². The van der Waals surface area contributed by atoms with Crippen LogP contribution in [-0.2, 0) is 6.54 Å². The van der Waals surface area contributed by atoms with Crippen molar-refractivity contribution in [2.24, 2.45) is 0 Å². The van der Waals surface area contributed by atoms with Gasteiger partial charge in [-0.05, 0) is 42.7 Å². The Bertz CT molecular complexity index is 589. The fraction of sp³-hybridized carbons (Fsp3) is 0.250. The zero-order valence-corrected chi connectivity index (χ0v) is 13.0. The van der Waals surface area contributed by atoms with Gasteiger partial charge in [0.15, 0.2) is 0 Å². The normalized spacial score (nSPS) is 12.5. The molecule has 2 aromatic rings. The predicted molar refractivity (Wildman–Crippen MR) is 87.6 cm³/mol. The second kappa shape index (κ2) is 7.10. The zero-order chi connectivity index (χ0) is 15.4. The Morgan fingerprint density at radius 3 is 2.33 bits per heavy atom. The molecule has 1 atom stereocenters. The van der Waals surface area contributed by atoms with Crippen molar-refractivity contribution >= 4 is 24.2 Å². The molecule has 0 aliphatic carbocycles. The molecule has 0 aromatic heterocycles. The number of rotatable bonds is 5. The molecule has 1 unspecified atom stereocenters. The molecule has 21 heavy (non-hydrogen) atoms. The molecule has 0 saturated heterocycles. The van der Waals surface area contributed by atoms with Gasteiger partial charge in [-0.1, -0.05) is 48.0 Å². The monoisotopic (exact) mass is 303 g/mol. The van der Waals surface area contributed by atoms with E-state index in [1.54, 1.807) is 12.1 Å². The highest BCUT2D eigenvalue weighted by Crippen LogP contribution is 2.22. The third-order valence-corrected chi connectivity index (χ3v) is 4.02. The molecule has 2 rings (SSSR count). The Labute approximate surface area is 130 Å². The number of hydrogen-bond acceptors (Lipinski definition) is 3. The van der Waals surface area contributed by atoms with Crippen LogP contribution >= 0.6 is 11.6 Å². The Morgan fingerprint density at radius 1 is 1.10 bits per heavy atom. The molecule has 5 heteroatoms. The molecular formula is C16H19BClNO2. The first-order valence-corrected chi connectivity index (χ1v) is 7.26. The molecule has 0 bridgehead atoms. The predicted octanol–water partition coefficient (Wildman–Crippen LogP) is 2.21. The van der Waals surface area contributed by atoms with E-state index in [1.165, 1.54) is 5.56 Å². The number of halogens is 1. The summed E-state index contributed by atoms with van der Waals surface area (Å²) in [7, 11) is 0.570. The van der Waals surface area contributed by atoms with Crippen LogP contribution in [0.1, 0.15) is 24.1 Å². The number of hydrogen-bond donors (Lipinski definition) is 2. The van der Waals surface area contributed by atoms with Gasteiger partial charge in [0.05, 0.1) is 0 Å². The Morgan fingerprint density at radius 2 is 1.71 bits per heavy atom. The van der Waals surface area contributed by atoms with Crippen molar-refractivity contribution in [3.63, 3.8) is 0 Å². The summed E-state index contributed by atoms with van der Waals surface area (Å²) in [6.45, 7) is 2.75. The minimum Gasteiger partial charge on any atom is -0.423 e. The Hall–Kier alpha value is -1.33. The lowest BCUT2D eigenvalue weighted by Gasteiger charge is -2.26.